The maximum absolute atomic E-state index is 11.2. The molecule has 0 saturated heterocycles. The second-order valence-corrected chi connectivity index (χ2v) is 4.00. The van der Waals surface area contributed by atoms with Crippen LogP contribution in [-0.4, -0.2) is 41.3 Å². The fourth-order valence-corrected chi connectivity index (χ4v) is 1.34. The second-order valence-electron chi connectivity index (χ2n) is 4.00. The van der Waals surface area contributed by atoms with Gasteiger partial charge in [0.05, 0.1) is 6.10 Å². The molecule has 0 spiro atoms. The van der Waals surface area contributed by atoms with Crippen molar-refractivity contribution in [2.24, 2.45) is 5.73 Å². The van der Waals surface area contributed by atoms with Gasteiger partial charge in [-0.25, -0.2) is 0 Å². The van der Waals surface area contributed by atoms with E-state index < -0.39 is 12.0 Å². The van der Waals surface area contributed by atoms with Crippen LogP contribution >= 0.6 is 0 Å². The number of aliphatic hydroxyl groups excluding tert-OH is 2. The van der Waals surface area contributed by atoms with Gasteiger partial charge in [0.25, 0.3) is 0 Å². The maximum atomic E-state index is 11.2. The van der Waals surface area contributed by atoms with E-state index >= 15 is 0 Å². The third-order valence-corrected chi connectivity index (χ3v) is 2.31. The standard InChI is InChI=1S/C11H22N2O4/c12-10(16)5-3-6-11(17)13-8-9(15)4-1-2-7-14/h9,14-15H,1-8H2,(H2,12,16)(H,13,17)/t9-/m1/s1. The van der Waals surface area contributed by atoms with E-state index in [0.29, 0.717) is 19.3 Å². The zero-order chi connectivity index (χ0) is 13.1. The minimum Gasteiger partial charge on any atom is -0.396 e. The van der Waals surface area contributed by atoms with Gasteiger partial charge in [-0.15, -0.1) is 0 Å². The van der Waals surface area contributed by atoms with Crippen molar-refractivity contribution in [3.05, 3.63) is 0 Å². The normalized spacial score (nSPS) is 12.1. The number of rotatable bonds is 10. The molecule has 6 nitrogen and oxygen atoms in total. The fraction of sp³-hybridized carbons (Fsp3) is 0.818. The van der Waals surface area contributed by atoms with Gasteiger partial charge in [-0.1, -0.05) is 0 Å². The quantitative estimate of drug-likeness (QED) is 0.381. The van der Waals surface area contributed by atoms with Crippen LogP contribution in [0.5, 0.6) is 0 Å². The highest BCUT2D eigenvalue weighted by atomic mass is 16.3. The largest absolute Gasteiger partial charge is 0.396 e. The van der Waals surface area contributed by atoms with Crippen LogP contribution in [0.4, 0.5) is 0 Å². The lowest BCUT2D eigenvalue weighted by atomic mass is 10.1. The van der Waals surface area contributed by atoms with E-state index in [1.165, 1.54) is 0 Å². The zero-order valence-corrected chi connectivity index (χ0v) is 10.0. The van der Waals surface area contributed by atoms with Crippen LogP contribution in [-0.2, 0) is 9.59 Å². The number of hydrogen-bond donors (Lipinski definition) is 4. The van der Waals surface area contributed by atoms with Gasteiger partial charge in [0.1, 0.15) is 0 Å². The monoisotopic (exact) mass is 246 g/mol. The molecule has 0 radical (unpaired) electrons. The molecule has 0 fully saturated rings. The lowest BCUT2D eigenvalue weighted by Crippen LogP contribution is -2.32. The van der Waals surface area contributed by atoms with E-state index in [4.69, 9.17) is 10.8 Å². The summed E-state index contributed by atoms with van der Waals surface area (Å²) in [6.45, 7) is 0.326. The number of carbonyl (C=O) groups is 2. The predicted octanol–water partition coefficient (Wildman–Crippen LogP) is -0.718. The molecule has 0 aliphatic carbocycles. The Morgan fingerprint density at radius 1 is 1.18 bits per heavy atom. The maximum Gasteiger partial charge on any atom is 0.220 e. The van der Waals surface area contributed by atoms with Crippen molar-refractivity contribution in [3.8, 4) is 0 Å². The van der Waals surface area contributed by atoms with Crippen LogP contribution in [0.2, 0.25) is 0 Å². The molecule has 0 aromatic heterocycles. The van der Waals surface area contributed by atoms with E-state index in [2.05, 4.69) is 5.32 Å². The van der Waals surface area contributed by atoms with E-state index in [1.807, 2.05) is 0 Å². The highest BCUT2D eigenvalue weighted by molar-refractivity contribution is 5.77. The summed E-state index contributed by atoms with van der Waals surface area (Å²) in [7, 11) is 0. The summed E-state index contributed by atoms with van der Waals surface area (Å²) < 4.78 is 0. The molecule has 1 atom stereocenters. The Balaban J connectivity index is 3.45. The summed E-state index contributed by atoms with van der Waals surface area (Å²) >= 11 is 0. The summed E-state index contributed by atoms with van der Waals surface area (Å²) in [4.78, 5) is 21.7. The van der Waals surface area contributed by atoms with E-state index in [-0.39, 0.29) is 31.9 Å². The minimum atomic E-state index is -0.582. The average Bonchev–Trinajstić information content (AvgIpc) is 2.26. The topological polar surface area (TPSA) is 113 Å². The van der Waals surface area contributed by atoms with Gasteiger partial charge in [-0.05, 0) is 25.7 Å². The Morgan fingerprint density at radius 2 is 1.88 bits per heavy atom. The van der Waals surface area contributed by atoms with Crippen LogP contribution in [0.15, 0.2) is 0 Å². The van der Waals surface area contributed by atoms with Crippen LogP contribution in [0.3, 0.4) is 0 Å². The molecule has 0 bridgehead atoms. The first-order chi connectivity index (χ1) is 8.06. The molecule has 0 aliphatic heterocycles. The van der Waals surface area contributed by atoms with Gasteiger partial charge >= 0.3 is 0 Å². The number of primary amides is 1. The lowest BCUT2D eigenvalue weighted by molar-refractivity contribution is -0.122. The Morgan fingerprint density at radius 3 is 2.47 bits per heavy atom. The summed E-state index contributed by atoms with van der Waals surface area (Å²) in [5.41, 5.74) is 4.94. The minimum absolute atomic E-state index is 0.117. The highest BCUT2D eigenvalue weighted by Gasteiger charge is 2.07. The predicted molar refractivity (Wildman–Crippen MR) is 63.0 cm³/mol. The molecule has 0 aromatic rings. The molecule has 0 aliphatic rings. The number of carbonyl (C=O) groups excluding carboxylic acids is 2. The second kappa shape index (κ2) is 10.0. The Hall–Kier alpha value is -1.14. The highest BCUT2D eigenvalue weighted by Crippen LogP contribution is 2.00. The van der Waals surface area contributed by atoms with Crippen LogP contribution in [0.1, 0.15) is 38.5 Å². The van der Waals surface area contributed by atoms with Crippen LogP contribution in [0.25, 0.3) is 0 Å². The molecular formula is C11H22N2O4. The molecule has 100 valence electrons. The average molecular weight is 246 g/mol. The van der Waals surface area contributed by atoms with Crippen LogP contribution in [0, 0.1) is 0 Å². The van der Waals surface area contributed by atoms with Crippen molar-refractivity contribution in [1.82, 2.24) is 5.32 Å². The molecule has 6 heteroatoms. The van der Waals surface area contributed by atoms with Gasteiger partial charge in [0, 0.05) is 26.0 Å². The van der Waals surface area contributed by atoms with Gasteiger partial charge in [-0.2, -0.15) is 0 Å². The SMILES string of the molecule is NC(=O)CCCC(=O)NC[C@H](O)CCCCO. The third-order valence-electron chi connectivity index (χ3n) is 2.31. The Labute approximate surface area is 101 Å². The Bertz CT molecular complexity index is 234. The molecular weight excluding hydrogens is 224 g/mol. The van der Waals surface area contributed by atoms with Crippen molar-refractivity contribution in [3.63, 3.8) is 0 Å². The summed E-state index contributed by atoms with van der Waals surface area (Å²) in [5, 5.41) is 20.6. The van der Waals surface area contributed by atoms with Gasteiger partial charge < -0.3 is 21.3 Å². The fourth-order valence-electron chi connectivity index (χ4n) is 1.34. The first-order valence-corrected chi connectivity index (χ1v) is 5.90. The zero-order valence-electron chi connectivity index (χ0n) is 10.0. The summed E-state index contributed by atoms with van der Waals surface area (Å²) in [6, 6.07) is 0. The first kappa shape index (κ1) is 15.9. The number of nitrogens with two attached hydrogens (primary N) is 1. The van der Waals surface area contributed by atoms with E-state index in [0.717, 1.165) is 6.42 Å². The smallest absolute Gasteiger partial charge is 0.220 e. The molecule has 0 aromatic carbocycles. The van der Waals surface area contributed by atoms with Gasteiger partial charge in [-0.3, -0.25) is 9.59 Å². The lowest BCUT2D eigenvalue weighted by Gasteiger charge is -2.11. The summed E-state index contributed by atoms with van der Waals surface area (Å²) in [5.74, 6) is -0.603. The van der Waals surface area contributed by atoms with E-state index in [1.54, 1.807) is 0 Å². The Kier molecular flexibility index (Phi) is 9.37. The first-order valence-electron chi connectivity index (χ1n) is 5.90. The number of amides is 2. The number of aliphatic hydroxyl groups is 2. The molecule has 2 amide bonds. The number of nitrogens with one attached hydrogen (secondary N) is 1. The van der Waals surface area contributed by atoms with Gasteiger partial charge in [0.2, 0.25) is 11.8 Å². The molecule has 17 heavy (non-hydrogen) atoms. The van der Waals surface area contributed by atoms with E-state index in [9.17, 15) is 14.7 Å². The molecule has 0 heterocycles. The third kappa shape index (κ3) is 11.1. The molecule has 0 unspecified atom stereocenters. The van der Waals surface area contributed by atoms with Crippen molar-refractivity contribution >= 4 is 11.8 Å². The summed E-state index contributed by atoms with van der Waals surface area (Å²) in [6.07, 6.45) is 2.24. The number of unbranched alkanes of at least 4 members (excludes halogenated alkanes) is 1. The van der Waals surface area contributed by atoms with Crippen molar-refractivity contribution < 1.29 is 19.8 Å². The molecule has 0 saturated carbocycles. The van der Waals surface area contributed by atoms with Crippen molar-refractivity contribution in [2.45, 2.75) is 44.6 Å². The van der Waals surface area contributed by atoms with Crippen molar-refractivity contribution in [2.75, 3.05) is 13.2 Å². The molecule has 0 rings (SSSR count). The van der Waals surface area contributed by atoms with Crippen molar-refractivity contribution in [1.29, 1.82) is 0 Å². The van der Waals surface area contributed by atoms with Crippen LogP contribution < -0.4 is 11.1 Å². The molecule has 5 N–H and O–H groups in total. The van der Waals surface area contributed by atoms with Gasteiger partial charge in [0.15, 0.2) is 0 Å². The number of hydrogen-bond acceptors (Lipinski definition) is 4.